The van der Waals surface area contributed by atoms with Crippen molar-refractivity contribution in [3.05, 3.63) is 18.2 Å². The number of carbonyl (C=O) groups excluding carboxylic acids is 1. The number of aromatic amines is 1. The molecule has 1 saturated heterocycles. The van der Waals surface area contributed by atoms with Gasteiger partial charge in [0.1, 0.15) is 5.82 Å². The van der Waals surface area contributed by atoms with E-state index in [4.69, 9.17) is 5.11 Å². The van der Waals surface area contributed by atoms with Crippen molar-refractivity contribution in [2.24, 2.45) is 5.92 Å². The molecule has 0 unspecified atom stereocenters. The second kappa shape index (κ2) is 6.93. The fourth-order valence-electron chi connectivity index (χ4n) is 2.42. The largest absolute Gasteiger partial charge is 0.481 e. The maximum atomic E-state index is 11.9. The molecule has 2 heterocycles. The highest BCUT2D eigenvalue weighted by Crippen LogP contribution is 2.21. The Hall–Kier alpha value is -2.05. The molecule has 1 aromatic heterocycles. The molecule has 20 heavy (non-hydrogen) atoms. The molecule has 1 aliphatic heterocycles. The smallest absolute Gasteiger partial charge is 0.317 e. The van der Waals surface area contributed by atoms with E-state index in [2.05, 4.69) is 15.3 Å². The summed E-state index contributed by atoms with van der Waals surface area (Å²) in [5.74, 6) is 0.401. The first-order chi connectivity index (χ1) is 9.65. The van der Waals surface area contributed by atoms with Crippen LogP contribution in [0.15, 0.2) is 12.4 Å². The van der Waals surface area contributed by atoms with Crippen LogP contribution in [-0.2, 0) is 11.3 Å². The highest BCUT2D eigenvalue weighted by molar-refractivity contribution is 5.74. The quantitative estimate of drug-likeness (QED) is 0.754. The van der Waals surface area contributed by atoms with Gasteiger partial charge in [-0.3, -0.25) is 4.79 Å². The van der Waals surface area contributed by atoms with Crippen LogP contribution < -0.4 is 5.32 Å². The van der Waals surface area contributed by atoms with Gasteiger partial charge < -0.3 is 20.3 Å². The van der Waals surface area contributed by atoms with Crippen molar-refractivity contribution in [2.75, 3.05) is 13.1 Å². The highest BCUT2D eigenvalue weighted by Gasteiger charge is 2.22. The average Bonchev–Trinajstić information content (AvgIpc) is 2.96. The molecule has 0 saturated carbocycles. The Kier molecular flexibility index (Phi) is 4.97. The third kappa shape index (κ3) is 4.25. The van der Waals surface area contributed by atoms with Crippen LogP contribution >= 0.6 is 0 Å². The zero-order chi connectivity index (χ0) is 14.4. The summed E-state index contributed by atoms with van der Waals surface area (Å²) < 4.78 is 0. The summed E-state index contributed by atoms with van der Waals surface area (Å²) in [7, 11) is 0. The first-order valence-electron chi connectivity index (χ1n) is 6.88. The van der Waals surface area contributed by atoms with Gasteiger partial charge in [-0.2, -0.15) is 0 Å². The molecule has 2 rings (SSSR count). The first kappa shape index (κ1) is 14.4. The summed E-state index contributed by atoms with van der Waals surface area (Å²) in [4.78, 5) is 31.2. The van der Waals surface area contributed by atoms with Gasteiger partial charge in [-0.25, -0.2) is 9.78 Å². The summed E-state index contributed by atoms with van der Waals surface area (Å²) in [6.45, 7) is 1.77. The number of aliphatic carboxylic acids is 1. The molecule has 1 aromatic rings. The molecule has 0 atom stereocenters. The highest BCUT2D eigenvalue weighted by atomic mass is 16.4. The van der Waals surface area contributed by atoms with Crippen LogP contribution in [0.4, 0.5) is 4.79 Å². The lowest BCUT2D eigenvalue weighted by Crippen LogP contribution is -2.44. The standard InChI is InChI=1S/C13H20N4O3/c18-12(19)2-1-10-3-7-17(8-4-10)13(20)16-9-11-14-5-6-15-11/h5-6,10H,1-4,7-9H2,(H,14,15)(H,16,20)(H,18,19). The van der Waals surface area contributed by atoms with E-state index in [0.717, 1.165) is 18.7 Å². The van der Waals surface area contributed by atoms with E-state index < -0.39 is 5.97 Å². The number of aromatic nitrogens is 2. The Balaban J connectivity index is 1.67. The Labute approximate surface area is 117 Å². The average molecular weight is 280 g/mol. The predicted molar refractivity (Wildman–Crippen MR) is 72.0 cm³/mol. The summed E-state index contributed by atoms with van der Waals surface area (Å²) in [5.41, 5.74) is 0. The number of nitrogens with one attached hydrogen (secondary N) is 2. The topological polar surface area (TPSA) is 98.3 Å². The number of imidazole rings is 1. The van der Waals surface area contributed by atoms with E-state index in [9.17, 15) is 9.59 Å². The van der Waals surface area contributed by atoms with Crippen molar-refractivity contribution >= 4 is 12.0 Å². The molecular formula is C13H20N4O3. The Morgan fingerprint density at radius 2 is 2.20 bits per heavy atom. The number of carbonyl (C=O) groups is 2. The number of hydrogen-bond acceptors (Lipinski definition) is 3. The maximum Gasteiger partial charge on any atom is 0.317 e. The lowest BCUT2D eigenvalue weighted by molar-refractivity contribution is -0.137. The number of hydrogen-bond donors (Lipinski definition) is 3. The minimum absolute atomic E-state index is 0.0851. The number of urea groups is 1. The third-order valence-corrected chi connectivity index (χ3v) is 3.63. The van der Waals surface area contributed by atoms with Crippen molar-refractivity contribution in [3.63, 3.8) is 0 Å². The van der Waals surface area contributed by atoms with Crippen molar-refractivity contribution in [1.29, 1.82) is 0 Å². The fraction of sp³-hybridized carbons (Fsp3) is 0.615. The molecule has 0 bridgehead atoms. The van der Waals surface area contributed by atoms with E-state index in [1.165, 1.54) is 0 Å². The number of nitrogens with zero attached hydrogens (tertiary/aromatic N) is 2. The van der Waals surface area contributed by atoms with Gasteiger partial charge in [0.15, 0.2) is 0 Å². The lowest BCUT2D eigenvalue weighted by Gasteiger charge is -2.31. The van der Waals surface area contributed by atoms with Crippen molar-refractivity contribution in [2.45, 2.75) is 32.2 Å². The number of H-pyrrole nitrogens is 1. The second-order valence-electron chi connectivity index (χ2n) is 5.06. The molecular weight excluding hydrogens is 260 g/mol. The molecule has 3 N–H and O–H groups in total. The number of piperidine rings is 1. The molecule has 7 heteroatoms. The fourth-order valence-corrected chi connectivity index (χ4v) is 2.42. The molecule has 0 spiro atoms. The van der Waals surface area contributed by atoms with E-state index in [1.807, 2.05) is 0 Å². The minimum Gasteiger partial charge on any atom is -0.481 e. The van der Waals surface area contributed by atoms with Gasteiger partial charge in [0.05, 0.1) is 6.54 Å². The van der Waals surface area contributed by atoms with Crippen molar-refractivity contribution < 1.29 is 14.7 Å². The Morgan fingerprint density at radius 1 is 1.45 bits per heavy atom. The molecule has 1 aliphatic rings. The van der Waals surface area contributed by atoms with Gasteiger partial charge in [0.25, 0.3) is 0 Å². The van der Waals surface area contributed by atoms with Gasteiger partial charge in [-0.1, -0.05) is 0 Å². The number of amides is 2. The number of carboxylic acids is 1. The third-order valence-electron chi connectivity index (χ3n) is 3.63. The molecule has 1 fully saturated rings. The van der Waals surface area contributed by atoms with Gasteiger partial charge in [-0.05, 0) is 25.2 Å². The molecule has 0 aromatic carbocycles. The van der Waals surface area contributed by atoms with E-state index in [0.29, 0.717) is 32.0 Å². The molecule has 7 nitrogen and oxygen atoms in total. The van der Waals surface area contributed by atoms with Gasteiger partial charge in [0, 0.05) is 31.9 Å². The normalized spacial score (nSPS) is 16.1. The van der Waals surface area contributed by atoms with Crippen LogP contribution in [0.5, 0.6) is 0 Å². The number of rotatable bonds is 5. The summed E-state index contributed by atoms with van der Waals surface area (Å²) in [5, 5.41) is 11.5. The van der Waals surface area contributed by atoms with Gasteiger partial charge in [-0.15, -0.1) is 0 Å². The minimum atomic E-state index is -0.747. The van der Waals surface area contributed by atoms with Crippen LogP contribution in [0.1, 0.15) is 31.5 Å². The Morgan fingerprint density at radius 3 is 2.80 bits per heavy atom. The van der Waals surface area contributed by atoms with Crippen molar-refractivity contribution in [3.8, 4) is 0 Å². The number of likely N-dealkylation sites (tertiary alicyclic amines) is 1. The SMILES string of the molecule is O=C(O)CCC1CCN(C(=O)NCc2ncc[nH]2)CC1. The van der Waals surface area contributed by atoms with Crippen LogP contribution in [-0.4, -0.2) is 45.1 Å². The van der Waals surface area contributed by atoms with E-state index in [-0.39, 0.29) is 12.5 Å². The maximum absolute atomic E-state index is 11.9. The van der Waals surface area contributed by atoms with Gasteiger partial charge >= 0.3 is 12.0 Å². The van der Waals surface area contributed by atoms with Crippen molar-refractivity contribution in [1.82, 2.24) is 20.2 Å². The molecule has 0 aliphatic carbocycles. The lowest BCUT2D eigenvalue weighted by atomic mass is 9.92. The van der Waals surface area contributed by atoms with Gasteiger partial charge in [0.2, 0.25) is 0 Å². The summed E-state index contributed by atoms with van der Waals surface area (Å²) >= 11 is 0. The Bertz CT molecular complexity index is 438. The van der Waals surface area contributed by atoms with E-state index in [1.54, 1.807) is 17.3 Å². The molecule has 2 amide bonds. The van der Waals surface area contributed by atoms with Crippen LogP contribution in [0.3, 0.4) is 0 Å². The number of carboxylic acid groups (broad SMARTS) is 1. The zero-order valence-electron chi connectivity index (χ0n) is 11.3. The van der Waals surface area contributed by atoms with E-state index >= 15 is 0 Å². The van der Waals surface area contributed by atoms with Crippen LogP contribution in [0.25, 0.3) is 0 Å². The van der Waals surface area contributed by atoms with Crippen LogP contribution in [0.2, 0.25) is 0 Å². The van der Waals surface area contributed by atoms with Crippen LogP contribution in [0, 0.1) is 5.92 Å². The predicted octanol–water partition coefficient (Wildman–Crippen LogP) is 1.20. The zero-order valence-corrected chi connectivity index (χ0v) is 11.3. The first-order valence-corrected chi connectivity index (χ1v) is 6.88. The molecule has 0 radical (unpaired) electrons. The monoisotopic (exact) mass is 280 g/mol. The second-order valence-corrected chi connectivity index (χ2v) is 5.06. The summed E-state index contributed by atoms with van der Waals surface area (Å²) in [6.07, 6.45) is 6.04. The molecule has 110 valence electrons. The summed E-state index contributed by atoms with van der Waals surface area (Å²) in [6, 6.07) is -0.0851.